The van der Waals surface area contributed by atoms with Crippen LogP contribution in [-0.4, -0.2) is 44.9 Å². The van der Waals surface area contributed by atoms with E-state index in [1.54, 1.807) is 0 Å². The summed E-state index contributed by atoms with van der Waals surface area (Å²) in [5.74, 6) is -2.01. The van der Waals surface area contributed by atoms with Crippen LogP contribution in [0.1, 0.15) is 22.9 Å². The molecule has 88 valence electrons. The minimum absolute atomic E-state index is 0.0854. The van der Waals surface area contributed by atoms with Crippen molar-refractivity contribution in [3.05, 3.63) is 11.7 Å². The van der Waals surface area contributed by atoms with Crippen LogP contribution in [0.25, 0.3) is 0 Å². The number of aliphatic carboxylic acids is 1. The predicted octanol–water partition coefficient (Wildman–Crippen LogP) is -1.06. The highest BCUT2D eigenvalue weighted by Crippen LogP contribution is 1.97. The summed E-state index contributed by atoms with van der Waals surface area (Å²) in [6.45, 7) is 1.16. The van der Waals surface area contributed by atoms with Gasteiger partial charge in [-0.2, -0.15) is 4.98 Å². The molecular weight excluding hydrogens is 218 g/mol. The molecule has 0 radical (unpaired) electrons. The number of nitrogens with zero attached hydrogens (tertiary/aromatic N) is 2. The van der Waals surface area contributed by atoms with Gasteiger partial charge in [0.15, 0.2) is 0 Å². The molecular formula is C8H11N3O5. The van der Waals surface area contributed by atoms with Crippen LogP contribution in [0.5, 0.6) is 0 Å². The molecule has 8 nitrogen and oxygen atoms in total. The first-order valence-electron chi connectivity index (χ1n) is 4.49. The summed E-state index contributed by atoms with van der Waals surface area (Å²) in [6, 6.07) is -1.17. The van der Waals surface area contributed by atoms with Gasteiger partial charge in [0, 0.05) is 20.0 Å². The number of hydrogen-bond donors (Lipinski definition) is 3. The quantitative estimate of drug-likeness (QED) is 0.587. The molecule has 0 fully saturated rings. The van der Waals surface area contributed by atoms with Crippen LogP contribution in [-0.2, 0) is 4.79 Å². The Morgan fingerprint density at radius 1 is 1.56 bits per heavy atom. The van der Waals surface area contributed by atoms with Crippen LogP contribution in [0.2, 0.25) is 0 Å². The number of carbonyl (C=O) groups is 2. The topological polar surface area (TPSA) is 126 Å². The van der Waals surface area contributed by atoms with Crippen molar-refractivity contribution in [1.29, 1.82) is 0 Å². The molecule has 16 heavy (non-hydrogen) atoms. The van der Waals surface area contributed by atoms with Crippen molar-refractivity contribution in [2.75, 3.05) is 6.61 Å². The Bertz CT molecular complexity index is 389. The standard InChI is InChI=1S/C8H11N3O5/c1-4-9-6(11-16-4)7(13)10-5(2-3-12)8(14)15/h5,12H,2-3H2,1H3,(H,10,13)(H,14,15). The molecule has 0 spiro atoms. The molecule has 1 aromatic heterocycles. The maximum atomic E-state index is 11.4. The maximum absolute atomic E-state index is 11.4. The van der Waals surface area contributed by atoms with Gasteiger partial charge >= 0.3 is 5.97 Å². The van der Waals surface area contributed by atoms with Crippen molar-refractivity contribution >= 4 is 11.9 Å². The molecule has 1 atom stereocenters. The number of aliphatic hydroxyl groups is 1. The molecule has 0 aliphatic carbocycles. The average Bonchev–Trinajstić information content (AvgIpc) is 2.64. The first-order chi connectivity index (χ1) is 7.54. The second-order valence-corrected chi connectivity index (χ2v) is 3.01. The molecule has 1 amide bonds. The lowest BCUT2D eigenvalue weighted by Gasteiger charge is -2.10. The number of carboxylic acids is 1. The first-order valence-corrected chi connectivity index (χ1v) is 4.49. The molecule has 0 aromatic carbocycles. The molecule has 0 bridgehead atoms. The summed E-state index contributed by atoms with van der Waals surface area (Å²) >= 11 is 0. The second kappa shape index (κ2) is 5.21. The molecule has 1 rings (SSSR count). The number of amides is 1. The molecule has 0 saturated heterocycles. The number of nitrogens with one attached hydrogen (secondary N) is 1. The minimum Gasteiger partial charge on any atom is -0.480 e. The van der Waals surface area contributed by atoms with Crippen molar-refractivity contribution in [1.82, 2.24) is 15.5 Å². The summed E-state index contributed by atoms with van der Waals surface area (Å²) in [6.07, 6.45) is -0.0854. The lowest BCUT2D eigenvalue weighted by molar-refractivity contribution is -0.139. The van der Waals surface area contributed by atoms with Gasteiger partial charge < -0.3 is 20.1 Å². The van der Waals surface area contributed by atoms with Gasteiger partial charge in [0.25, 0.3) is 11.7 Å². The fourth-order valence-corrected chi connectivity index (χ4v) is 1.00. The van der Waals surface area contributed by atoms with Crippen LogP contribution in [0.4, 0.5) is 0 Å². The Hall–Kier alpha value is -1.96. The molecule has 3 N–H and O–H groups in total. The van der Waals surface area contributed by atoms with E-state index in [2.05, 4.69) is 20.0 Å². The number of hydrogen-bond acceptors (Lipinski definition) is 6. The van der Waals surface area contributed by atoms with Gasteiger partial charge in [0.05, 0.1) is 0 Å². The van der Waals surface area contributed by atoms with Gasteiger partial charge in [-0.1, -0.05) is 5.16 Å². The van der Waals surface area contributed by atoms with Crippen LogP contribution >= 0.6 is 0 Å². The SMILES string of the molecule is Cc1nc(C(=O)NC(CCO)C(=O)O)no1. The third-order valence-electron chi connectivity index (χ3n) is 1.75. The summed E-state index contributed by atoms with van der Waals surface area (Å²) in [5, 5.41) is 22.8. The van der Waals surface area contributed by atoms with E-state index in [-0.39, 0.29) is 24.7 Å². The maximum Gasteiger partial charge on any atom is 0.326 e. The van der Waals surface area contributed by atoms with Gasteiger partial charge in [-0.15, -0.1) is 0 Å². The van der Waals surface area contributed by atoms with Gasteiger partial charge in [0.2, 0.25) is 5.89 Å². The zero-order chi connectivity index (χ0) is 12.1. The summed E-state index contributed by atoms with van der Waals surface area (Å²) in [5.41, 5.74) is 0. The highest BCUT2D eigenvalue weighted by molar-refractivity contribution is 5.93. The number of rotatable bonds is 5. The number of aromatic nitrogens is 2. The van der Waals surface area contributed by atoms with E-state index in [9.17, 15) is 9.59 Å². The Kier molecular flexibility index (Phi) is 3.95. The van der Waals surface area contributed by atoms with Crippen molar-refractivity contribution in [3.63, 3.8) is 0 Å². The molecule has 1 unspecified atom stereocenters. The predicted molar refractivity (Wildman–Crippen MR) is 49.6 cm³/mol. The third kappa shape index (κ3) is 3.02. The highest BCUT2D eigenvalue weighted by Gasteiger charge is 2.22. The van der Waals surface area contributed by atoms with Crippen molar-refractivity contribution in [2.24, 2.45) is 0 Å². The van der Waals surface area contributed by atoms with Crippen LogP contribution in [0, 0.1) is 6.92 Å². The summed E-state index contributed by atoms with van der Waals surface area (Å²) in [7, 11) is 0. The van der Waals surface area contributed by atoms with E-state index in [4.69, 9.17) is 10.2 Å². The number of aryl methyl sites for hydroxylation is 1. The monoisotopic (exact) mass is 229 g/mol. The lowest BCUT2D eigenvalue weighted by Crippen LogP contribution is -2.41. The van der Waals surface area contributed by atoms with Crippen LogP contribution in [0.15, 0.2) is 4.52 Å². The summed E-state index contributed by atoms with van der Waals surface area (Å²) < 4.78 is 4.57. The molecule has 8 heteroatoms. The lowest BCUT2D eigenvalue weighted by atomic mass is 10.2. The Labute approximate surface area is 90.3 Å². The van der Waals surface area contributed by atoms with Crippen LogP contribution < -0.4 is 5.32 Å². The van der Waals surface area contributed by atoms with Crippen LogP contribution in [0.3, 0.4) is 0 Å². The number of carbonyl (C=O) groups excluding carboxylic acids is 1. The molecule has 1 heterocycles. The zero-order valence-corrected chi connectivity index (χ0v) is 8.51. The fourth-order valence-electron chi connectivity index (χ4n) is 1.00. The van der Waals surface area contributed by atoms with E-state index in [0.29, 0.717) is 0 Å². The van der Waals surface area contributed by atoms with Gasteiger partial charge in [-0.25, -0.2) is 4.79 Å². The Balaban J connectivity index is 2.65. The van der Waals surface area contributed by atoms with Gasteiger partial charge in [-0.05, 0) is 0 Å². The first kappa shape index (κ1) is 12.1. The largest absolute Gasteiger partial charge is 0.480 e. The zero-order valence-electron chi connectivity index (χ0n) is 8.51. The molecule has 0 aliphatic rings. The molecule has 1 aromatic rings. The van der Waals surface area contributed by atoms with E-state index in [1.807, 2.05) is 0 Å². The van der Waals surface area contributed by atoms with E-state index in [0.717, 1.165) is 0 Å². The third-order valence-corrected chi connectivity index (χ3v) is 1.75. The molecule has 0 aliphatic heterocycles. The smallest absolute Gasteiger partial charge is 0.326 e. The molecule has 0 saturated carbocycles. The van der Waals surface area contributed by atoms with Crippen molar-refractivity contribution in [3.8, 4) is 0 Å². The Morgan fingerprint density at radius 2 is 2.25 bits per heavy atom. The Morgan fingerprint density at radius 3 is 2.69 bits per heavy atom. The normalized spacial score (nSPS) is 12.1. The van der Waals surface area contributed by atoms with E-state index >= 15 is 0 Å². The van der Waals surface area contributed by atoms with E-state index in [1.165, 1.54) is 6.92 Å². The second-order valence-electron chi connectivity index (χ2n) is 3.01. The van der Waals surface area contributed by atoms with Crippen molar-refractivity contribution < 1.29 is 24.3 Å². The number of carboxylic acid groups (broad SMARTS) is 1. The van der Waals surface area contributed by atoms with Crippen molar-refractivity contribution in [2.45, 2.75) is 19.4 Å². The average molecular weight is 229 g/mol. The highest BCUT2D eigenvalue weighted by atomic mass is 16.5. The minimum atomic E-state index is -1.23. The van der Waals surface area contributed by atoms with Gasteiger partial charge in [0.1, 0.15) is 6.04 Å². The number of aliphatic hydroxyl groups excluding tert-OH is 1. The van der Waals surface area contributed by atoms with E-state index < -0.39 is 17.9 Å². The summed E-state index contributed by atoms with van der Waals surface area (Å²) in [4.78, 5) is 25.7. The fraction of sp³-hybridized carbons (Fsp3) is 0.500. The van der Waals surface area contributed by atoms with Gasteiger partial charge in [-0.3, -0.25) is 4.79 Å².